The Bertz CT molecular complexity index is 627. The Balaban J connectivity index is 3.08. The highest BCUT2D eigenvalue weighted by Gasteiger charge is 2.23. The third kappa shape index (κ3) is 4.43. The quantitative estimate of drug-likeness (QED) is 0.660. The number of hydrogen-bond donors (Lipinski definition) is 2. The standard InChI is InChI=1S/C14H23N3O4S/c1-16(2)9-8-15-14(18)11-6-7-12(21-5)13(10-11)22(19,20)17(3)4/h6-7,10H,8-9H2,1-5H3,(H,15,18)/p+1. The fraction of sp³-hybridized carbons (Fsp3) is 0.500. The molecule has 1 aromatic carbocycles. The van der Waals surface area contributed by atoms with Crippen molar-refractivity contribution >= 4 is 15.9 Å². The first-order chi connectivity index (χ1) is 10.2. The molecule has 0 saturated carbocycles. The molecule has 0 aliphatic heterocycles. The maximum Gasteiger partial charge on any atom is 0.251 e. The van der Waals surface area contributed by atoms with Gasteiger partial charge in [0.2, 0.25) is 10.0 Å². The molecule has 0 aromatic heterocycles. The molecule has 0 bridgehead atoms. The molecule has 0 heterocycles. The van der Waals surface area contributed by atoms with Gasteiger partial charge in [-0.25, -0.2) is 12.7 Å². The summed E-state index contributed by atoms with van der Waals surface area (Å²) in [7, 11) is 4.55. The fourth-order valence-corrected chi connectivity index (χ4v) is 2.82. The first-order valence-corrected chi connectivity index (χ1v) is 8.32. The van der Waals surface area contributed by atoms with E-state index in [9.17, 15) is 13.2 Å². The summed E-state index contributed by atoms with van der Waals surface area (Å²) in [5.74, 6) is -0.0953. The van der Waals surface area contributed by atoms with E-state index in [-0.39, 0.29) is 22.1 Å². The van der Waals surface area contributed by atoms with Crippen LogP contribution < -0.4 is 15.0 Å². The number of rotatable bonds is 7. The van der Waals surface area contributed by atoms with Gasteiger partial charge >= 0.3 is 0 Å². The number of carbonyl (C=O) groups excluding carboxylic acids is 1. The molecule has 0 aliphatic rings. The summed E-state index contributed by atoms with van der Waals surface area (Å²) >= 11 is 0. The van der Waals surface area contributed by atoms with Crippen LogP contribution in [0.5, 0.6) is 5.75 Å². The summed E-state index contributed by atoms with van der Waals surface area (Å²) in [6, 6.07) is 4.37. The maximum atomic E-state index is 12.3. The summed E-state index contributed by atoms with van der Waals surface area (Å²) in [5, 5.41) is 2.77. The van der Waals surface area contributed by atoms with Gasteiger partial charge in [0.25, 0.3) is 5.91 Å². The zero-order chi connectivity index (χ0) is 16.9. The zero-order valence-corrected chi connectivity index (χ0v) is 14.5. The van der Waals surface area contributed by atoms with E-state index in [4.69, 9.17) is 4.74 Å². The molecule has 7 nitrogen and oxygen atoms in total. The monoisotopic (exact) mass is 330 g/mol. The van der Waals surface area contributed by atoms with Gasteiger partial charge in [-0.1, -0.05) is 0 Å². The smallest absolute Gasteiger partial charge is 0.251 e. The average Bonchev–Trinajstić information content (AvgIpc) is 2.45. The van der Waals surface area contributed by atoms with Crippen molar-refractivity contribution in [2.45, 2.75) is 4.90 Å². The van der Waals surface area contributed by atoms with Crippen molar-refractivity contribution in [3.63, 3.8) is 0 Å². The molecule has 1 rings (SSSR count). The fourth-order valence-electron chi connectivity index (χ4n) is 1.74. The molecule has 1 amide bonds. The van der Waals surface area contributed by atoms with Crippen LogP contribution in [0.25, 0.3) is 0 Å². The number of hydrogen-bond acceptors (Lipinski definition) is 4. The van der Waals surface area contributed by atoms with Gasteiger partial charge in [0.05, 0.1) is 34.3 Å². The highest BCUT2D eigenvalue weighted by atomic mass is 32.2. The van der Waals surface area contributed by atoms with E-state index in [0.717, 1.165) is 10.8 Å². The normalized spacial score (nSPS) is 11.8. The molecule has 0 spiro atoms. The topological polar surface area (TPSA) is 80.1 Å². The molecular formula is C14H24N3O4S+. The van der Waals surface area contributed by atoms with Crippen LogP contribution in [0.15, 0.2) is 23.1 Å². The van der Waals surface area contributed by atoms with E-state index < -0.39 is 10.0 Å². The molecule has 0 saturated heterocycles. The van der Waals surface area contributed by atoms with Crippen LogP contribution in [0, 0.1) is 0 Å². The second-order valence-electron chi connectivity index (χ2n) is 5.37. The number of sulfonamides is 1. The number of benzene rings is 1. The van der Waals surface area contributed by atoms with Crippen molar-refractivity contribution in [2.75, 3.05) is 48.4 Å². The van der Waals surface area contributed by atoms with Crippen LogP contribution in [0.3, 0.4) is 0 Å². The Labute approximate surface area is 131 Å². The summed E-state index contributed by atoms with van der Waals surface area (Å²) in [6.07, 6.45) is 0. The summed E-state index contributed by atoms with van der Waals surface area (Å²) < 4.78 is 30.8. The van der Waals surface area contributed by atoms with Crippen molar-refractivity contribution in [1.82, 2.24) is 9.62 Å². The Kier molecular flexibility index (Phi) is 6.34. The number of nitrogens with one attached hydrogen (secondary N) is 2. The van der Waals surface area contributed by atoms with Gasteiger partial charge < -0.3 is 15.0 Å². The van der Waals surface area contributed by atoms with E-state index in [2.05, 4.69) is 5.32 Å². The van der Waals surface area contributed by atoms with Crippen molar-refractivity contribution in [3.05, 3.63) is 23.8 Å². The second kappa shape index (κ2) is 7.57. The van der Waals surface area contributed by atoms with E-state index in [1.165, 1.54) is 38.2 Å². The first-order valence-electron chi connectivity index (χ1n) is 6.88. The van der Waals surface area contributed by atoms with E-state index in [1.54, 1.807) is 6.07 Å². The lowest BCUT2D eigenvalue weighted by atomic mass is 10.2. The molecule has 0 fully saturated rings. The lowest BCUT2D eigenvalue weighted by Gasteiger charge is -2.15. The molecule has 0 unspecified atom stereocenters. The second-order valence-corrected chi connectivity index (χ2v) is 7.49. The third-order valence-electron chi connectivity index (χ3n) is 3.09. The molecule has 124 valence electrons. The molecule has 2 N–H and O–H groups in total. The molecule has 0 atom stereocenters. The number of amides is 1. The Hall–Kier alpha value is -1.64. The van der Waals surface area contributed by atoms with Gasteiger partial charge in [0, 0.05) is 19.7 Å². The number of nitrogens with zero attached hydrogens (tertiary/aromatic N) is 1. The molecule has 0 aliphatic carbocycles. The molecule has 0 radical (unpaired) electrons. The summed E-state index contributed by atoms with van der Waals surface area (Å²) in [4.78, 5) is 13.3. The molecule has 8 heteroatoms. The highest BCUT2D eigenvalue weighted by molar-refractivity contribution is 7.89. The minimum atomic E-state index is -3.69. The number of quaternary nitrogens is 1. The van der Waals surface area contributed by atoms with Gasteiger partial charge in [0.15, 0.2) is 0 Å². The maximum absolute atomic E-state index is 12.3. The number of carbonyl (C=O) groups is 1. The predicted octanol–water partition coefficient (Wildman–Crippen LogP) is -1.18. The van der Waals surface area contributed by atoms with Crippen molar-refractivity contribution in [1.29, 1.82) is 0 Å². The summed E-state index contributed by atoms with van der Waals surface area (Å²) in [5.41, 5.74) is 0.287. The van der Waals surface area contributed by atoms with E-state index >= 15 is 0 Å². The number of methoxy groups -OCH3 is 1. The zero-order valence-electron chi connectivity index (χ0n) is 13.6. The highest BCUT2D eigenvalue weighted by Crippen LogP contribution is 2.26. The van der Waals surface area contributed by atoms with Crippen molar-refractivity contribution < 1.29 is 22.8 Å². The minimum absolute atomic E-state index is 0.0223. The van der Waals surface area contributed by atoms with Crippen LogP contribution in [-0.2, 0) is 10.0 Å². The number of ether oxygens (including phenoxy) is 1. The van der Waals surface area contributed by atoms with Gasteiger partial charge in [0.1, 0.15) is 10.6 Å². The van der Waals surface area contributed by atoms with Gasteiger partial charge in [-0.3, -0.25) is 4.79 Å². The Morgan fingerprint density at radius 1 is 1.32 bits per heavy atom. The van der Waals surface area contributed by atoms with Crippen molar-refractivity contribution in [3.8, 4) is 5.75 Å². The first kappa shape index (κ1) is 18.4. The predicted molar refractivity (Wildman–Crippen MR) is 83.9 cm³/mol. The minimum Gasteiger partial charge on any atom is -0.495 e. The van der Waals surface area contributed by atoms with E-state index in [0.29, 0.717) is 6.54 Å². The van der Waals surface area contributed by atoms with Crippen LogP contribution in [0.4, 0.5) is 0 Å². The van der Waals surface area contributed by atoms with Crippen LogP contribution in [0.2, 0.25) is 0 Å². The molecular weight excluding hydrogens is 306 g/mol. The summed E-state index contributed by atoms with van der Waals surface area (Å²) in [6.45, 7) is 1.30. The van der Waals surface area contributed by atoms with Crippen molar-refractivity contribution in [2.24, 2.45) is 0 Å². The lowest BCUT2D eigenvalue weighted by Crippen LogP contribution is -3.06. The van der Waals surface area contributed by atoms with Gasteiger partial charge in [-0.05, 0) is 18.2 Å². The van der Waals surface area contributed by atoms with E-state index in [1.807, 2.05) is 14.1 Å². The molecule has 22 heavy (non-hydrogen) atoms. The number of likely N-dealkylation sites (N-methyl/N-ethyl adjacent to an activating group) is 1. The lowest BCUT2D eigenvalue weighted by molar-refractivity contribution is -0.856. The molecule has 1 aromatic rings. The largest absolute Gasteiger partial charge is 0.495 e. The average molecular weight is 330 g/mol. The SMILES string of the molecule is COc1ccc(C(=O)NCC[NH+](C)C)cc1S(=O)(=O)N(C)C. The third-order valence-corrected chi connectivity index (χ3v) is 4.93. The van der Waals surface area contributed by atoms with Crippen LogP contribution in [0.1, 0.15) is 10.4 Å². The Morgan fingerprint density at radius 2 is 1.95 bits per heavy atom. The van der Waals surface area contributed by atoms with Gasteiger partial charge in [-0.15, -0.1) is 0 Å². The van der Waals surface area contributed by atoms with Crippen LogP contribution in [-0.4, -0.2) is 67.0 Å². The Morgan fingerprint density at radius 3 is 2.45 bits per heavy atom. The van der Waals surface area contributed by atoms with Crippen LogP contribution >= 0.6 is 0 Å². The van der Waals surface area contributed by atoms with Gasteiger partial charge in [-0.2, -0.15) is 0 Å².